The molecule has 0 fully saturated rings. The number of benzene rings is 2. The molecule has 0 spiro atoms. The highest BCUT2D eigenvalue weighted by Crippen LogP contribution is 2.29. The molecule has 35 heavy (non-hydrogen) atoms. The topological polar surface area (TPSA) is 77.6 Å². The van der Waals surface area contributed by atoms with Crippen LogP contribution in [0, 0.1) is 6.92 Å². The van der Waals surface area contributed by atoms with E-state index in [0.29, 0.717) is 33.4 Å². The Morgan fingerprint density at radius 1 is 1.06 bits per heavy atom. The first kappa shape index (κ1) is 23.1. The molecular weight excluding hydrogens is 483 g/mol. The number of pyridine rings is 1. The minimum atomic E-state index is -0.324. The smallest absolute Gasteiger partial charge is 0.257 e. The van der Waals surface area contributed by atoms with E-state index in [1.165, 1.54) is 0 Å². The number of aryl methyl sites for hydroxylation is 1. The fourth-order valence-electron chi connectivity index (χ4n) is 4.06. The van der Waals surface area contributed by atoms with Crippen molar-refractivity contribution in [2.45, 2.75) is 26.9 Å². The third-order valence-electron chi connectivity index (χ3n) is 5.88. The van der Waals surface area contributed by atoms with E-state index in [9.17, 15) is 4.79 Å². The van der Waals surface area contributed by atoms with Gasteiger partial charge in [-0.3, -0.25) is 14.2 Å². The molecule has 5 rings (SSSR count). The normalized spacial score (nSPS) is 11.2. The van der Waals surface area contributed by atoms with Crippen LogP contribution in [0.5, 0.6) is 0 Å². The molecule has 1 N–H and O–H groups in total. The van der Waals surface area contributed by atoms with Crippen molar-refractivity contribution in [3.8, 4) is 11.3 Å². The van der Waals surface area contributed by atoms with E-state index in [0.717, 1.165) is 28.8 Å². The maximum atomic E-state index is 13.4. The molecule has 2 aromatic carbocycles. The van der Waals surface area contributed by atoms with E-state index in [1.807, 2.05) is 67.1 Å². The molecule has 0 unspecified atom stereocenters. The Kier molecular flexibility index (Phi) is 6.28. The van der Waals surface area contributed by atoms with Gasteiger partial charge < -0.3 is 5.32 Å². The number of amides is 1. The van der Waals surface area contributed by atoms with Gasteiger partial charge in [-0.1, -0.05) is 59.6 Å². The zero-order valence-electron chi connectivity index (χ0n) is 19.2. The van der Waals surface area contributed by atoms with E-state index in [4.69, 9.17) is 28.2 Å². The van der Waals surface area contributed by atoms with Gasteiger partial charge in [0.05, 0.1) is 29.5 Å². The minimum absolute atomic E-state index is 0.279. The largest absolute Gasteiger partial charge is 0.304 e. The quantitative estimate of drug-likeness (QED) is 0.297. The van der Waals surface area contributed by atoms with Gasteiger partial charge in [-0.15, -0.1) is 0 Å². The molecule has 3 heterocycles. The number of fused-ring (bicyclic) bond motifs is 1. The number of para-hydroxylation sites is 1. The number of halogens is 2. The van der Waals surface area contributed by atoms with E-state index in [1.54, 1.807) is 23.1 Å². The van der Waals surface area contributed by atoms with Crippen molar-refractivity contribution in [1.82, 2.24) is 24.5 Å². The highest BCUT2D eigenvalue weighted by atomic mass is 35.5. The lowest BCUT2D eigenvalue weighted by molar-refractivity contribution is 0.102. The van der Waals surface area contributed by atoms with Crippen molar-refractivity contribution in [1.29, 1.82) is 0 Å². The molecule has 0 atom stereocenters. The first-order valence-corrected chi connectivity index (χ1v) is 11.9. The lowest BCUT2D eigenvalue weighted by Gasteiger charge is -2.10. The number of carbonyl (C=O) groups excluding carboxylic acids is 1. The summed E-state index contributed by atoms with van der Waals surface area (Å²) in [6, 6.07) is 16.9. The summed E-state index contributed by atoms with van der Waals surface area (Å²) in [5.41, 5.74) is 4.65. The third-order valence-corrected chi connectivity index (χ3v) is 6.52. The second-order valence-electron chi connectivity index (χ2n) is 8.10. The third kappa shape index (κ3) is 4.52. The molecule has 3 aromatic heterocycles. The molecule has 0 aliphatic heterocycles. The van der Waals surface area contributed by atoms with Crippen LogP contribution in [0.15, 0.2) is 67.0 Å². The molecule has 0 aliphatic carbocycles. The Balaban J connectivity index is 1.49. The minimum Gasteiger partial charge on any atom is -0.304 e. The summed E-state index contributed by atoms with van der Waals surface area (Å²) in [6.07, 6.45) is 3.45. The predicted molar refractivity (Wildman–Crippen MR) is 139 cm³/mol. The maximum Gasteiger partial charge on any atom is 0.257 e. The van der Waals surface area contributed by atoms with Gasteiger partial charge in [0, 0.05) is 34.4 Å². The standard InChI is InChI=1S/C26H22Cl2N6O/c1-3-34-16(2)20(13-29-34)24-12-19(18-9-5-7-11-23(18)30-24)26(35)31-25-22(28)15-33(32-25)14-17-8-4-6-10-21(17)27/h4-13,15H,3,14H2,1-2H3,(H,31,32,35). The fourth-order valence-corrected chi connectivity index (χ4v) is 4.45. The number of hydrogen-bond donors (Lipinski definition) is 1. The number of aromatic nitrogens is 5. The van der Waals surface area contributed by atoms with Crippen LogP contribution in [0.3, 0.4) is 0 Å². The van der Waals surface area contributed by atoms with Crippen molar-refractivity contribution >= 4 is 45.8 Å². The molecule has 9 heteroatoms. The van der Waals surface area contributed by atoms with Crippen LogP contribution in [-0.4, -0.2) is 30.5 Å². The summed E-state index contributed by atoms with van der Waals surface area (Å²) < 4.78 is 3.55. The van der Waals surface area contributed by atoms with E-state index < -0.39 is 0 Å². The van der Waals surface area contributed by atoms with Gasteiger partial charge >= 0.3 is 0 Å². The zero-order chi connectivity index (χ0) is 24.5. The molecule has 0 saturated carbocycles. The van der Waals surface area contributed by atoms with Gasteiger partial charge in [-0.2, -0.15) is 10.2 Å². The number of rotatable bonds is 6. The van der Waals surface area contributed by atoms with Crippen LogP contribution in [0.1, 0.15) is 28.5 Å². The summed E-state index contributed by atoms with van der Waals surface area (Å²) in [6.45, 7) is 5.21. The molecule has 0 radical (unpaired) electrons. The van der Waals surface area contributed by atoms with Gasteiger partial charge in [0.2, 0.25) is 0 Å². The summed E-state index contributed by atoms with van der Waals surface area (Å²) >= 11 is 12.7. The van der Waals surface area contributed by atoms with Crippen molar-refractivity contribution in [2.24, 2.45) is 0 Å². The Bertz CT molecular complexity index is 1560. The van der Waals surface area contributed by atoms with Gasteiger partial charge in [0.15, 0.2) is 5.82 Å². The lowest BCUT2D eigenvalue weighted by atomic mass is 10.0. The molecular formula is C26H22Cl2N6O. The summed E-state index contributed by atoms with van der Waals surface area (Å²) in [5, 5.41) is 13.5. The van der Waals surface area contributed by atoms with Crippen LogP contribution in [0.25, 0.3) is 22.2 Å². The average Bonchev–Trinajstić information content (AvgIpc) is 3.40. The zero-order valence-corrected chi connectivity index (χ0v) is 20.7. The molecule has 0 saturated heterocycles. The molecule has 5 aromatic rings. The van der Waals surface area contributed by atoms with Crippen LogP contribution < -0.4 is 5.32 Å². The van der Waals surface area contributed by atoms with Crippen LogP contribution in [0.4, 0.5) is 5.82 Å². The second-order valence-corrected chi connectivity index (χ2v) is 8.91. The Morgan fingerprint density at radius 2 is 1.83 bits per heavy atom. The van der Waals surface area contributed by atoms with Crippen LogP contribution >= 0.6 is 23.2 Å². The van der Waals surface area contributed by atoms with Gasteiger partial charge in [0.1, 0.15) is 5.02 Å². The van der Waals surface area contributed by atoms with Gasteiger partial charge in [0.25, 0.3) is 5.91 Å². The Labute approximate surface area is 212 Å². The SMILES string of the molecule is CCn1ncc(-c2cc(C(=O)Nc3nn(Cc4ccccc4Cl)cc3Cl)c3ccccc3n2)c1C. The molecule has 176 valence electrons. The Hall–Kier alpha value is -3.68. The highest BCUT2D eigenvalue weighted by Gasteiger charge is 2.19. The number of nitrogens with zero attached hydrogens (tertiary/aromatic N) is 5. The van der Waals surface area contributed by atoms with Gasteiger partial charge in [-0.25, -0.2) is 4.98 Å². The number of carbonyl (C=O) groups is 1. The lowest BCUT2D eigenvalue weighted by Crippen LogP contribution is -2.14. The second kappa shape index (κ2) is 9.52. The van der Waals surface area contributed by atoms with Crippen LogP contribution in [-0.2, 0) is 13.1 Å². The summed E-state index contributed by atoms with van der Waals surface area (Å²) in [5.74, 6) is -0.0450. The van der Waals surface area contributed by atoms with Crippen LogP contribution in [0.2, 0.25) is 10.0 Å². The molecule has 1 amide bonds. The molecule has 0 aliphatic rings. The summed E-state index contributed by atoms with van der Waals surface area (Å²) in [7, 11) is 0. The van der Waals surface area contributed by atoms with Crippen molar-refractivity contribution < 1.29 is 4.79 Å². The number of anilines is 1. The predicted octanol–water partition coefficient (Wildman–Crippen LogP) is 6.23. The highest BCUT2D eigenvalue weighted by molar-refractivity contribution is 6.33. The first-order chi connectivity index (χ1) is 16.9. The number of nitrogens with one attached hydrogen (secondary N) is 1. The van der Waals surface area contributed by atoms with E-state index in [2.05, 4.69) is 15.5 Å². The summed E-state index contributed by atoms with van der Waals surface area (Å²) in [4.78, 5) is 18.2. The Morgan fingerprint density at radius 3 is 2.60 bits per heavy atom. The van der Waals surface area contributed by atoms with E-state index >= 15 is 0 Å². The molecule has 0 bridgehead atoms. The van der Waals surface area contributed by atoms with E-state index in [-0.39, 0.29) is 11.7 Å². The fraction of sp³-hybridized carbons (Fsp3) is 0.154. The first-order valence-electron chi connectivity index (χ1n) is 11.1. The maximum absolute atomic E-state index is 13.4. The molecule has 7 nitrogen and oxygen atoms in total. The van der Waals surface area contributed by atoms with Crippen molar-refractivity contribution in [2.75, 3.05) is 5.32 Å². The van der Waals surface area contributed by atoms with Crippen molar-refractivity contribution in [3.05, 3.63) is 93.9 Å². The number of hydrogen-bond acceptors (Lipinski definition) is 4. The van der Waals surface area contributed by atoms with Gasteiger partial charge in [-0.05, 0) is 37.6 Å². The monoisotopic (exact) mass is 504 g/mol. The van der Waals surface area contributed by atoms with Crippen molar-refractivity contribution in [3.63, 3.8) is 0 Å². The average molecular weight is 505 g/mol.